The van der Waals surface area contributed by atoms with Crippen LogP contribution in [0, 0.1) is 11.3 Å². The second-order valence-electron chi connectivity index (χ2n) is 10.9. The number of likely N-dealkylation sites (tertiary alicyclic amines) is 1. The van der Waals surface area contributed by atoms with E-state index in [0.717, 1.165) is 75.6 Å². The first kappa shape index (κ1) is 27.0. The van der Waals surface area contributed by atoms with Crippen molar-refractivity contribution in [3.63, 3.8) is 0 Å². The van der Waals surface area contributed by atoms with Gasteiger partial charge < -0.3 is 10.6 Å². The Hall–Kier alpha value is -3.08. The summed E-state index contributed by atoms with van der Waals surface area (Å²) in [5.41, 5.74) is 8.05. The third-order valence-corrected chi connectivity index (χ3v) is 8.23. The lowest BCUT2D eigenvalue weighted by Gasteiger charge is -2.28. The predicted molar refractivity (Wildman–Crippen MR) is 149 cm³/mol. The Labute approximate surface area is 222 Å². The highest BCUT2D eigenvalue weighted by Gasteiger charge is 2.44. The van der Waals surface area contributed by atoms with Crippen LogP contribution in [-0.4, -0.2) is 41.2 Å². The van der Waals surface area contributed by atoms with Crippen molar-refractivity contribution in [2.45, 2.75) is 71.1 Å². The van der Waals surface area contributed by atoms with Gasteiger partial charge in [-0.15, -0.1) is 0 Å². The van der Waals surface area contributed by atoms with Crippen LogP contribution >= 0.6 is 0 Å². The SMILES string of the molecule is CCCCC1(CCCC)C=C(N)N(CCC2CCN(C(=O)C(c3ccccc3)c3ccccc3)C2)C1=O. The zero-order valence-corrected chi connectivity index (χ0v) is 22.6. The second kappa shape index (κ2) is 12.4. The summed E-state index contributed by atoms with van der Waals surface area (Å²) in [7, 11) is 0. The van der Waals surface area contributed by atoms with Crippen molar-refractivity contribution < 1.29 is 9.59 Å². The monoisotopic (exact) mass is 501 g/mol. The zero-order valence-electron chi connectivity index (χ0n) is 22.6. The molecule has 2 aliphatic heterocycles. The standard InChI is InChI=1S/C32H43N3O2/c1-3-5-19-32(20-6-4-2)23-28(33)35(31(32)37)22-18-25-17-21-34(24-25)30(36)29(26-13-9-7-10-14-26)27-15-11-8-12-16-27/h7-16,23,25,29H,3-6,17-22,24,33H2,1-2H3. The third-order valence-electron chi connectivity index (χ3n) is 8.23. The van der Waals surface area contributed by atoms with Gasteiger partial charge in [0.05, 0.1) is 11.3 Å². The Morgan fingerprint density at radius 3 is 2.08 bits per heavy atom. The molecule has 0 radical (unpaired) electrons. The van der Waals surface area contributed by atoms with Crippen LogP contribution in [0.25, 0.3) is 0 Å². The van der Waals surface area contributed by atoms with E-state index >= 15 is 0 Å². The average Bonchev–Trinajstić information content (AvgIpc) is 3.49. The maximum atomic E-state index is 13.8. The van der Waals surface area contributed by atoms with Crippen molar-refractivity contribution in [1.82, 2.24) is 9.80 Å². The smallest absolute Gasteiger partial charge is 0.238 e. The first-order chi connectivity index (χ1) is 18.0. The Morgan fingerprint density at radius 1 is 0.973 bits per heavy atom. The molecule has 2 heterocycles. The molecule has 2 aromatic rings. The number of rotatable bonds is 12. The van der Waals surface area contributed by atoms with Gasteiger partial charge >= 0.3 is 0 Å². The van der Waals surface area contributed by atoms with E-state index in [1.165, 1.54) is 0 Å². The fraction of sp³-hybridized carbons (Fsp3) is 0.500. The van der Waals surface area contributed by atoms with Gasteiger partial charge in [0.25, 0.3) is 0 Å². The summed E-state index contributed by atoms with van der Waals surface area (Å²) < 4.78 is 0. The minimum atomic E-state index is -0.424. The molecule has 0 aromatic heterocycles. The van der Waals surface area contributed by atoms with E-state index < -0.39 is 5.41 Å². The molecule has 1 saturated heterocycles. The van der Waals surface area contributed by atoms with Crippen molar-refractivity contribution in [1.29, 1.82) is 0 Å². The van der Waals surface area contributed by atoms with Gasteiger partial charge in [-0.05, 0) is 48.8 Å². The third kappa shape index (κ3) is 6.08. The fourth-order valence-corrected chi connectivity index (χ4v) is 6.04. The number of hydrogen-bond donors (Lipinski definition) is 1. The van der Waals surface area contributed by atoms with Crippen molar-refractivity contribution in [3.8, 4) is 0 Å². The highest BCUT2D eigenvalue weighted by molar-refractivity contribution is 5.89. The van der Waals surface area contributed by atoms with Gasteiger partial charge in [0, 0.05) is 19.6 Å². The molecule has 2 aliphatic rings. The molecule has 1 fully saturated rings. The normalized spacial score (nSPS) is 19.1. The maximum Gasteiger partial charge on any atom is 0.238 e. The van der Waals surface area contributed by atoms with Gasteiger partial charge in [-0.3, -0.25) is 14.5 Å². The number of unbranched alkanes of at least 4 members (excludes halogenated alkanes) is 2. The number of carbonyl (C=O) groups is 2. The van der Waals surface area contributed by atoms with Gasteiger partial charge in [-0.2, -0.15) is 0 Å². The van der Waals surface area contributed by atoms with E-state index in [9.17, 15) is 9.59 Å². The molecule has 0 aliphatic carbocycles. The molecule has 1 atom stereocenters. The van der Waals surface area contributed by atoms with Crippen molar-refractivity contribution in [2.75, 3.05) is 19.6 Å². The molecule has 5 heteroatoms. The Bertz CT molecular complexity index is 1020. The molecule has 0 bridgehead atoms. The van der Waals surface area contributed by atoms with Gasteiger partial charge in [-0.25, -0.2) is 0 Å². The molecule has 37 heavy (non-hydrogen) atoms. The van der Waals surface area contributed by atoms with E-state index in [4.69, 9.17) is 5.73 Å². The van der Waals surface area contributed by atoms with E-state index in [0.29, 0.717) is 18.3 Å². The van der Waals surface area contributed by atoms with Crippen molar-refractivity contribution in [2.24, 2.45) is 17.1 Å². The fourth-order valence-electron chi connectivity index (χ4n) is 6.04. The number of amides is 2. The number of nitrogens with zero attached hydrogens (tertiary/aromatic N) is 2. The van der Waals surface area contributed by atoms with E-state index in [2.05, 4.69) is 19.9 Å². The second-order valence-corrected chi connectivity index (χ2v) is 10.9. The van der Waals surface area contributed by atoms with E-state index in [1.807, 2.05) is 70.5 Å². The Balaban J connectivity index is 1.39. The highest BCUT2D eigenvalue weighted by atomic mass is 16.2. The van der Waals surface area contributed by atoms with Crippen LogP contribution in [0.2, 0.25) is 0 Å². The Morgan fingerprint density at radius 2 is 1.54 bits per heavy atom. The van der Waals surface area contributed by atoms with Crippen molar-refractivity contribution in [3.05, 3.63) is 83.7 Å². The Kier molecular flexibility index (Phi) is 9.07. The highest BCUT2D eigenvalue weighted by Crippen LogP contribution is 2.41. The summed E-state index contributed by atoms with van der Waals surface area (Å²) in [6, 6.07) is 20.1. The minimum absolute atomic E-state index is 0.162. The molecular formula is C32H43N3O2. The number of hydrogen-bond acceptors (Lipinski definition) is 3. The van der Waals surface area contributed by atoms with E-state index in [1.54, 1.807) is 0 Å². The molecule has 1 unspecified atom stereocenters. The maximum absolute atomic E-state index is 13.8. The molecule has 5 nitrogen and oxygen atoms in total. The zero-order chi connectivity index (χ0) is 26.3. The number of carbonyl (C=O) groups excluding carboxylic acids is 2. The molecule has 0 saturated carbocycles. The molecule has 0 spiro atoms. The molecule has 198 valence electrons. The molecule has 4 rings (SSSR count). The van der Waals surface area contributed by atoms with E-state index in [-0.39, 0.29) is 17.7 Å². The summed E-state index contributed by atoms with van der Waals surface area (Å²) in [6.45, 7) is 6.47. The number of nitrogens with two attached hydrogens (primary N) is 1. The van der Waals surface area contributed by atoms with Gasteiger partial charge in [0.2, 0.25) is 11.8 Å². The predicted octanol–water partition coefficient (Wildman–Crippen LogP) is 6.07. The summed E-state index contributed by atoms with van der Waals surface area (Å²) >= 11 is 0. The quantitative estimate of drug-likeness (QED) is 0.384. The topological polar surface area (TPSA) is 66.6 Å². The first-order valence-electron chi connectivity index (χ1n) is 14.2. The first-order valence-corrected chi connectivity index (χ1v) is 14.2. The minimum Gasteiger partial charge on any atom is -0.385 e. The molecule has 2 aromatic carbocycles. The largest absolute Gasteiger partial charge is 0.385 e. The summed E-state index contributed by atoms with van der Waals surface area (Å²) in [6.07, 6.45) is 9.87. The van der Waals surface area contributed by atoms with Crippen LogP contribution in [0.4, 0.5) is 0 Å². The van der Waals surface area contributed by atoms with Crippen LogP contribution < -0.4 is 5.73 Å². The van der Waals surface area contributed by atoms with Crippen LogP contribution in [0.15, 0.2) is 72.6 Å². The van der Waals surface area contributed by atoms with Gasteiger partial charge in [0.15, 0.2) is 0 Å². The average molecular weight is 502 g/mol. The van der Waals surface area contributed by atoms with Crippen LogP contribution in [-0.2, 0) is 9.59 Å². The molecule has 2 amide bonds. The summed E-state index contributed by atoms with van der Waals surface area (Å²) in [5, 5.41) is 0. The van der Waals surface area contributed by atoms with Crippen LogP contribution in [0.1, 0.15) is 82.3 Å². The molecule has 2 N–H and O–H groups in total. The van der Waals surface area contributed by atoms with Crippen molar-refractivity contribution >= 4 is 11.8 Å². The summed E-state index contributed by atoms with van der Waals surface area (Å²) in [4.78, 5) is 31.2. The van der Waals surface area contributed by atoms with Gasteiger partial charge in [-0.1, -0.05) is 100 Å². The molecular weight excluding hydrogens is 458 g/mol. The summed E-state index contributed by atoms with van der Waals surface area (Å²) in [5.74, 6) is 1.05. The van der Waals surface area contributed by atoms with Gasteiger partial charge in [0.1, 0.15) is 5.82 Å². The lowest BCUT2D eigenvalue weighted by atomic mass is 9.78. The van der Waals surface area contributed by atoms with Crippen LogP contribution in [0.3, 0.4) is 0 Å². The van der Waals surface area contributed by atoms with Crippen LogP contribution in [0.5, 0.6) is 0 Å². The lowest BCUT2D eigenvalue weighted by Crippen LogP contribution is -2.39. The number of benzene rings is 2. The lowest BCUT2D eigenvalue weighted by molar-refractivity contribution is -0.136.